The van der Waals surface area contributed by atoms with Crippen LogP contribution in [0.1, 0.15) is 38.5 Å². The molecule has 2 aliphatic heterocycles. The smallest absolute Gasteiger partial charge is 0.321 e. The molecule has 0 radical (unpaired) electrons. The number of rotatable bonds is 9. The van der Waals surface area contributed by atoms with Crippen molar-refractivity contribution in [1.29, 1.82) is 0 Å². The van der Waals surface area contributed by atoms with E-state index in [4.69, 9.17) is 9.84 Å². The van der Waals surface area contributed by atoms with Crippen molar-refractivity contribution in [3.8, 4) is 0 Å². The SMILES string of the molecule is O=C(O)C1CC(O)CN1C1OC1CCCCC(S)CCS. The zero-order chi connectivity index (χ0) is 15.4. The molecule has 7 heteroatoms. The Kier molecular flexibility index (Phi) is 6.68. The van der Waals surface area contributed by atoms with Gasteiger partial charge in [-0.2, -0.15) is 25.3 Å². The van der Waals surface area contributed by atoms with Gasteiger partial charge in [0.05, 0.1) is 12.2 Å². The Hall–Kier alpha value is 0.0500. The maximum absolute atomic E-state index is 11.2. The van der Waals surface area contributed by atoms with Gasteiger partial charge in [0.1, 0.15) is 12.3 Å². The van der Waals surface area contributed by atoms with E-state index >= 15 is 0 Å². The number of carbonyl (C=O) groups is 1. The van der Waals surface area contributed by atoms with E-state index in [1.165, 1.54) is 0 Å². The Labute approximate surface area is 136 Å². The summed E-state index contributed by atoms with van der Waals surface area (Å²) in [5, 5.41) is 19.2. The lowest BCUT2D eigenvalue weighted by Gasteiger charge is -2.18. The normalized spacial score (nSPS) is 34.0. The fourth-order valence-electron chi connectivity index (χ4n) is 3.02. The number of β-amino-alcohol motifs (C(OH)–C–C–N with tert-alkyl or cyclic N) is 1. The first kappa shape index (κ1) is 17.4. The number of carboxylic acids is 1. The van der Waals surface area contributed by atoms with E-state index in [1.54, 1.807) is 4.90 Å². The van der Waals surface area contributed by atoms with Gasteiger partial charge in [-0.05, 0) is 25.0 Å². The van der Waals surface area contributed by atoms with Crippen molar-refractivity contribution >= 4 is 31.2 Å². The fraction of sp³-hybridized carbons (Fsp3) is 0.929. The molecule has 2 heterocycles. The number of ether oxygens (including phenoxy) is 1. The molecule has 2 rings (SSSR count). The Balaban J connectivity index is 1.64. The van der Waals surface area contributed by atoms with E-state index < -0.39 is 18.1 Å². The van der Waals surface area contributed by atoms with E-state index in [9.17, 15) is 9.90 Å². The number of unbranched alkanes of at least 4 members (excludes halogenated alkanes) is 1. The Bertz CT molecular complexity index is 358. The molecule has 2 N–H and O–H groups in total. The van der Waals surface area contributed by atoms with E-state index in [0.717, 1.165) is 37.9 Å². The highest BCUT2D eigenvalue weighted by Gasteiger charge is 2.50. The molecule has 0 aromatic heterocycles. The molecule has 0 aromatic rings. The van der Waals surface area contributed by atoms with Crippen molar-refractivity contribution in [2.75, 3.05) is 12.3 Å². The van der Waals surface area contributed by atoms with E-state index in [-0.39, 0.29) is 12.3 Å². The molecule has 5 atom stereocenters. The third-order valence-electron chi connectivity index (χ3n) is 4.22. The highest BCUT2D eigenvalue weighted by Crippen LogP contribution is 2.35. The van der Waals surface area contributed by atoms with Crippen LogP contribution in [0.3, 0.4) is 0 Å². The molecular formula is C14H25NO4S2. The lowest BCUT2D eigenvalue weighted by molar-refractivity contribution is -0.143. The second-order valence-corrected chi connectivity index (χ2v) is 7.13. The number of likely N-dealkylation sites (tertiary alicyclic amines) is 1. The van der Waals surface area contributed by atoms with Crippen LogP contribution in [0.15, 0.2) is 0 Å². The average Bonchev–Trinajstić information content (AvgIpc) is 3.08. The molecule has 21 heavy (non-hydrogen) atoms. The van der Waals surface area contributed by atoms with Gasteiger partial charge in [-0.25, -0.2) is 0 Å². The molecule has 2 saturated heterocycles. The summed E-state index contributed by atoms with van der Waals surface area (Å²) in [7, 11) is 0. The van der Waals surface area contributed by atoms with Crippen LogP contribution in [0.5, 0.6) is 0 Å². The third kappa shape index (κ3) is 5.03. The zero-order valence-corrected chi connectivity index (χ0v) is 13.9. The quantitative estimate of drug-likeness (QED) is 0.291. The van der Waals surface area contributed by atoms with Crippen molar-refractivity contribution in [3.05, 3.63) is 0 Å². The molecule has 0 amide bonds. The number of aliphatic carboxylic acids is 1. The lowest BCUT2D eigenvalue weighted by Crippen LogP contribution is -2.39. The van der Waals surface area contributed by atoms with Crippen LogP contribution >= 0.6 is 25.3 Å². The van der Waals surface area contributed by atoms with Gasteiger partial charge in [0.2, 0.25) is 0 Å². The molecule has 0 aliphatic carbocycles. The number of aliphatic hydroxyl groups is 1. The standard InChI is InChI=1S/C14H25NO4S2/c16-9-7-11(14(17)18)15(8-9)13-12(19-13)4-2-1-3-10(21)5-6-20/h9-13,16,20-21H,1-8H2,(H,17,18). The molecule has 122 valence electrons. The molecular weight excluding hydrogens is 310 g/mol. The monoisotopic (exact) mass is 335 g/mol. The van der Waals surface area contributed by atoms with Crippen LogP contribution in [0, 0.1) is 0 Å². The summed E-state index contributed by atoms with van der Waals surface area (Å²) in [6.07, 6.45) is 4.99. The highest BCUT2D eigenvalue weighted by molar-refractivity contribution is 7.81. The zero-order valence-electron chi connectivity index (χ0n) is 12.1. The Morgan fingerprint density at radius 1 is 1.38 bits per heavy atom. The van der Waals surface area contributed by atoms with Crippen molar-refractivity contribution in [1.82, 2.24) is 4.90 Å². The molecule has 2 fully saturated rings. The molecule has 0 spiro atoms. The number of hydrogen-bond acceptors (Lipinski definition) is 6. The highest BCUT2D eigenvalue weighted by atomic mass is 32.1. The van der Waals surface area contributed by atoms with Crippen LogP contribution in [-0.4, -0.2) is 63.1 Å². The molecule has 0 saturated carbocycles. The maximum atomic E-state index is 11.2. The molecule has 5 unspecified atom stereocenters. The summed E-state index contributed by atoms with van der Waals surface area (Å²) in [5.41, 5.74) is 0. The first-order chi connectivity index (χ1) is 10.0. The average molecular weight is 335 g/mol. The van der Waals surface area contributed by atoms with Gasteiger partial charge in [-0.1, -0.05) is 12.8 Å². The topological polar surface area (TPSA) is 73.3 Å². The third-order valence-corrected chi connectivity index (χ3v) is 5.00. The molecule has 0 bridgehead atoms. The van der Waals surface area contributed by atoms with Crippen LogP contribution in [0.25, 0.3) is 0 Å². The van der Waals surface area contributed by atoms with E-state index in [1.807, 2.05) is 0 Å². The predicted octanol–water partition coefficient (Wildman–Crippen LogP) is 1.41. The fourth-order valence-corrected chi connectivity index (χ4v) is 3.84. The van der Waals surface area contributed by atoms with E-state index in [2.05, 4.69) is 25.3 Å². The maximum Gasteiger partial charge on any atom is 0.321 e. The van der Waals surface area contributed by atoms with Gasteiger partial charge in [0.15, 0.2) is 0 Å². The van der Waals surface area contributed by atoms with Crippen LogP contribution in [0.2, 0.25) is 0 Å². The first-order valence-electron chi connectivity index (χ1n) is 7.64. The van der Waals surface area contributed by atoms with Crippen molar-refractivity contribution < 1.29 is 19.7 Å². The molecule has 0 aromatic carbocycles. The van der Waals surface area contributed by atoms with Crippen molar-refractivity contribution in [2.45, 2.75) is 68.3 Å². The summed E-state index contributed by atoms with van der Waals surface area (Å²) < 4.78 is 5.60. The summed E-state index contributed by atoms with van der Waals surface area (Å²) in [4.78, 5) is 13.0. The number of epoxide rings is 1. The second kappa shape index (κ2) is 8.06. The minimum Gasteiger partial charge on any atom is -0.480 e. The first-order valence-corrected chi connectivity index (χ1v) is 8.78. The summed E-state index contributed by atoms with van der Waals surface area (Å²) in [6, 6.07) is -0.604. The van der Waals surface area contributed by atoms with Crippen LogP contribution in [0.4, 0.5) is 0 Å². The number of thiol groups is 2. The van der Waals surface area contributed by atoms with Gasteiger partial charge in [-0.15, -0.1) is 0 Å². The molecule has 2 aliphatic rings. The van der Waals surface area contributed by atoms with E-state index in [0.29, 0.717) is 18.2 Å². The lowest BCUT2D eigenvalue weighted by atomic mass is 10.1. The van der Waals surface area contributed by atoms with Gasteiger partial charge >= 0.3 is 5.97 Å². The summed E-state index contributed by atoms with van der Waals surface area (Å²) >= 11 is 8.70. The Morgan fingerprint density at radius 2 is 2.14 bits per heavy atom. The summed E-state index contributed by atoms with van der Waals surface area (Å²) in [6.45, 7) is 0.402. The van der Waals surface area contributed by atoms with Gasteiger partial charge < -0.3 is 14.9 Å². The van der Waals surface area contributed by atoms with Crippen molar-refractivity contribution in [3.63, 3.8) is 0 Å². The largest absolute Gasteiger partial charge is 0.480 e. The number of carboxylic acid groups (broad SMARTS) is 1. The predicted molar refractivity (Wildman–Crippen MR) is 87.1 cm³/mol. The number of nitrogens with zero attached hydrogens (tertiary/aromatic N) is 1. The minimum atomic E-state index is -0.870. The van der Waals surface area contributed by atoms with Crippen LogP contribution < -0.4 is 0 Å². The number of hydrogen-bond donors (Lipinski definition) is 4. The van der Waals surface area contributed by atoms with Gasteiger partial charge in [0.25, 0.3) is 0 Å². The molecule has 5 nitrogen and oxygen atoms in total. The van der Waals surface area contributed by atoms with Gasteiger partial charge in [0, 0.05) is 18.2 Å². The van der Waals surface area contributed by atoms with Gasteiger partial charge in [-0.3, -0.25) is 9.69 Å². The van der Waals surface area contributed by atoms with Crippen molar-refractivity contribution in [2.24, 2.45) is 0 Å². The Morgan fingerprint density at radius 3 is 2.81 bits per heavy atom. The number of aliphatic hydroxyl groups excluding tert-OH is 1. The minimum absolute atomic E-state index is 0.118. The second-order valence-electron chi connectivity index (χ2n) is 5.96. The summed E-state index contributed by atoms with van der Waals surface area (Å²) in [5.74, 6) is 0.000939. The van der Waals surface area contributed by atoms with Crippen LogP contribution in [-0.2, 0) is 9.53 Å².